The lowest BCUT2D eigenvalue weighted by Crippen LogP contribution is -2.41. The van der Waals surface area contributed by atoms with Crippen molar-refractivity contribution in [1.29, 1.82) is 0 Å². The average Bonchev–Trinajstić information content (AvgIpc) is 3.01. The Morgan fingerprint density at radius 3 is 2.52 bits per heavy atom. The monoisotopic (exact) mass is 325 g/mol. The number of cyclic esters (lactones) is 1. The predicted molar refractivity (Wildman–Crippen MR) is 92.1 cm³/mol. The van der Waals surface area contributed by atoms with E-state index in [0.717, 1.165) is 38.5 Å². The fourth-order valence-electron chi connectivity index (χ4n) is 3.93. The Kier molecular flexibility index (Phi) is 7.35. The van der Waals surface area contributed by atoms with Crippen molar-refractivity contribution in [3.8, 4) is 0 Å². The third kappa shape index (κ3) is 5.75. The molecule has 2 aliphatic rings. The van der Waals surface area contributed by atoms with Crippen molar-refractivity contribution in [2.24, 2.45) is 17.6 Å². The normalized spacial score (nSPS) is 34.0. The van der Waals surface area contributed by atoms with Crippen molar-refractivity contribution in [1.82, 2.24) is 0 Å². The first-order valence-corrected chi connectivity index (χ1v) is 9.59. The Bertz CT molecular complexity index is 366. The van der Waals surface area contributed by atoms with Gasteiger partial charge in [-0.25, -0.2) is 0 Å². The van der Waals surface area contributed by atoms with E-state index in [-0.39, 0.29) is 18.2 Å². The molecule has 0 amide bonds. The smallest absolute Gasteiger partial charge is 0.323 e. The Morgan fingerprint density at radius 2 is 1.87 bits per heavy atom. The molecule has 2 N–H and O–H groups in total. The maximum absolute atomic E-state index is 12.1. The first kappa shape index (κ1) is 18.7. The summed E-state index contributed by atoms with van der Waals surface area (Å²) in [4.78, 5) is 12.1. The van der Waals surface area contributed by atoms with E-state index in [1.165, 1.54) is 19.3 Å². The predicted octanol–water partition coefficient (Wildman–Crippen LogP) is 3.81. The molecule has 1 saturated heterocycles. The van der Waals surface area contributed by atoms with Crippen molar-refractivity contribution >= 4 is 5.97 Å². The fraction of sp³-hybridized carbons (Fsp3) is 0.947. The molecule has 0 bridgehead atoms. The van der Waals surface area contributed by atoms with Gasteiger partial charge in [0.1, 0.15) is 12.1 Å². The third-order valence-electron chi connectivity index (χ3n) is 5.39. The van der Waals surface area contributed by atoms with Crippen molar-refractivity contribution in [2.45, 2.75) is 103 Å². The van der Waals surface area contributed by atoms with Crippen LogP contribution >= 0.6 is 0 Å². The standard InChI is InChI=1S/C19H35NO3/c1-13(2)11-12-15-7-6-10-17(20)19(21)22-14(3)18(15)23-16-8-4-5-9-16/h13-18H,4-12,20H2,1-3H3/t14-,15+,17-,18-/m0/s1. The summed E-state index contributed by atoms with van der Waals surface area (Å²) in [5.74, 6) is 0.892. The van der Waals surface area contributed by atoms with E-state index in [4.69, 9.17) is 15.2 Å². The lowest BCUT2D eigenvalue weighted by molar-refractivity contribution is -0.164. The van der Waals surface area contributed by atoms with Crippen molar-refractivity contribution in [2.75, 3.05) is 0 Å². The summed E-state index contributed by atoms with van der Waals surface area (Å²) in [6, 6.07) is -0.478. The molecule has 1 aliphatic heterocycles. The quantitative estimate of drug-likeness (QED) is 0.781. The van der Waals surface area contributed by atoms with E-state index >= 15 is 0 Å². The largest absolute Gasteiger partial charge is 0.459 e. The van der Waals surface area contributed by atoms with E-state index in [0.29, 0.717) is 17.9 Å². The molecule has 0 aromatic carbocycles. The minimum Gasteiger partial charge on any atom is -0.459 e. The number of esters is 1. The van der Waals surface area contributed by atoms with Crippen LogP contribution in [-0.2, 0) is 14.3 Å². The molecule has 0 radical (unpaired) electrons. The molecule has 23 heavy (non-hydrogen) atoms. The summed E-state index contributed by atoms with van der Waals surface area (Å²) in [7, 11) is 0. The minimum atomic E-state index is -0.478. The molecule has 0 spiro atoms. The van der Waals surface area contributed by atoms with Crippen LogP contribution in [0.25, 0.3) is 0 Å². The van der Waals surface area contributed by atoms with Gasteiger partial charge in [-0.1, -0.05) is 39.5 Å². The molecule has 1 heterocycles. The lowest BCUT2D eigenvalue weighted by Gasteiger charge is -2.33. The molecule has 4 atom stereocenters. The lowest BCUT2D eigenvalue weighted by atomic mass is 9.86. The zero-order valence-corrected chi connectivity index (χ0v) is 15.1. The van der Waals surface area contributed by atoms with E-state index in [1.807, 2.05) is 6.92 Å². The summed E-state index contributed by atoms with van der Waals surface area (Å²) >= 11 is 0. The topological polar surface area (TPSA) is 61.6 Å². The Hall–Kier alpha value is -0.610. The van der Waals surface area contributed by atoms with Crippen LogP contribution in [0.3, 0.4) is 0 Å². The minimum absolute atomic E-state index is 0.0195. The Labute approximate surface area is 141 Å². The van der Waals surface area contributed by atoms with Gasteiger partial charge in [-0.3, -0.25) is 4.79 Å². The molecule has 0 aromatic rings. The van der Waals surface area contributed by atoms with Crippen LogP contribution < -0.4 is 5.73 Å². The second-order valence-electron chi connectivity index (χ2n) is 7.92. The van der Waals surface area contributed by atoms with Crippen LogP contribution in [0, 0.1) is 11.8 Å². The number of ether oxygens (including phenoxy) is 2. The zero-order chi connectivity index (χ0) is 16.8. The summed E-state index contributed by atoms with van der Waals surface area (Å²) in [5.41, 5.74) is 5.94. The van der Waals surface area contributed by atoms with Crippen LogP contribution in [-0.4, -0.2) is 30.3 Å². The number of hydrogen-bond donors (Lipinski definition) is 1. The molecule has 2 rings (SSSR count). The van der Waals surface area contributed by atoms with Gasteiger partial charge in [-0.2, -0.15) is 0 Å². The molecule has 1 saturated carbocycles. The number of hydrogen-bond acceptors (Lipinski definition) is 4. The van der Waals surface area contributed by atoms with Gasteiger partial charge in [-0.15, -0.1) is 0 Å². The molecule has 4 heteroatoms. The molecular weight excluding hydrogens is 290 g/mol. The van der Waals surface area contributed by atoms with Crippen molar-refractivity contribution in [3.05, 3.63) is 0 Å². The van der Waals surface area contributed by atoms with Gasteiger partial charge < -0.3 is 15.2 Å². The molecule has 0 unspecified atom stereocenters. The fourth-order valence-corrected chi connectivity index (χ4v) is 3.93. The highest BCUT2D eigenvalue weighted by Crippen LogP contribution is 2.32. The van der Waals surface area contributed by atoms with Crippen LogP contribution in [0.2, 0.25) is 0 Å². The molecule has 0 aromatic heterocycles. The highest BCUT2D eigenvalue weighted by molar-refractivity contribution is 5.75. The first-order chi connectivity index (χ1) is 11.0. The van der Waals surface area contributed by atoms with E-state index in [9.17, 15) is 4.79 Å². The third-order valence-corrected chi connectivity index (χ3v) is 5.39. The molecule has 4 nitrogen and oxygen atoms in total. The summed E-state index contributed by atoms with van der Waals surface area (Å²) < 4.78 is 12.1. The van der Waals surface area contributed by atoms with Gasteiger partial charge in [0.15, 0.2) is 0 Å². The van der Waals surface area contributed by atoms with E-state index < -0.39 is 6.04 Å². The van der Waals surface area contributed by atoms with Gasteiger partial charge in [0.05, 0.1) is 12.2 Å². The van der Waals surface area contributed by atoms with E-state index in [1.54, 1.807) is 0 Å². The summed E-state index contributed by atoms with van der Waals surface area (Å²) in [5, 5.41) is 0. The van der Waals surface area contributed by atoms with Crippen LogP contribution in [0.4, 0.5) is 0 Å². The molecule has 2 fully saturated rings. The zero-order valence-electron chi connectivity index (χ0n) is 15.1. The maximum Gasteiger partial charge on any atom is 0.323 e. The van der Waals surface area contributed by atoms with Gasteiger partial charge in [0.2, 0.25) is 0 Å². The highest BCUT2D eigenvalue weighted by Gasteiger charge is 2.35. The van der Waals surface area contributed by atoms with Gasteiger partial charge >= 0.3 is 5.97 Å². The maximum atomic E-state index is 12.1. The molecule has 1 aliphatic carbocycles. The molecule has 134 valence electrons. The van der Waals surface area contributed by atoms with Crippen LogP contribution in [0.5, 0.6) is 0 Å². The van der Waals surface area contributed by atoms with Crippen LogP contribution in [0.1, 0.15) is 78.6 Å². The summed E-state index contributed by atoms with van der Waals surface area (Å²) in [6.07, 6.45) is 10.1. The van der Waals surface area contributed by atoms with E-state index in [2.05, 4.69) is 13.8 Å². The van der Waals surface area contributed by atoms with Crippen molar-refractivity contribution < 1.29 is 14.3 Å². The first-order valence-electron chi connectivity index (χ1n) is 9.59. The van der Waals surface area contributed by atoms with Crippen molar-refractivity contribution in [3.63, 3.8) is 0 Å². The SMILES string of the molecule is CC(C)CC[C@H]1CCC[C@H](N)C(=O)O[C@@H](C)[C@@H]1OC1CCCC1. The molecular formula is C19H35NO3. The highest BCUT2D eigenvalue weighted by atomic mass is 16.6. The average molecular weight is 325 g/mol. The van der Waals surface area contributed by atoms with Gasteiger partial charge in [0, 0.05) is 0 Å². The Balaban J connectivity index is 2.08. The number of rotatable bonds is 5. The second-order valence-corrected chi connectivity index (χ2v) is 7.92. The van der Waals surface area contributed by atoms with Gasteiger partial charge in [-0.05, 0) is 50.9 Å². The summed E-state index contributed by atoms with van der Waals surface area (Å²) in [6.45, 7) is 6.51. The number of carbonyl (C=O) groups excluding carboxylic acids is 1. The second kappa shape index (κ2) is 9.03. The number of nitrogens with two attached hydrogens (primary N) is 1. The van der Waals surface area contributed by atoms with Crippen LogP contribution in [0.15, 0.2) is 0 Å². The Morgan fingerprint density at radius 1 is 1.17 bits per heavy atom. The number of carbonyl (C=O) groups is 1. The van der Waals surface area contributed by atoms with Gasteiger partial charge in [0.25, 0.3) is 0 Å².